The van der Waals surface area contributed by atoms with Gasteiger partial charge in [-0.25, -0.2) is 9.18 Å². The van der Waals surface area contributed by atoms with Gasteiger partial charge in [-0.1, -0.05) is 18.9 Å². The summed E-state index contributed by atoms with van der Waals surface area (Å²) in [7, 11) is 0. The molecule has 0 heterocycles. The molecule has 0 aliphatic heterocycles. The molecule has 0 amide bonds. The minimum atomic E-state index is -1.06. The molecule has 1 N–H and O–H groups in total. The summed E-state index contributed by atoms with van der Waals surface area (Å²) in [6.45, 7) is 0. The number of benzene rings is 1. The smallest absolute Gasteiger partial charge is 0.336 e. The second-order valence-corrected chi connectivity index (χ2v) is 5.26. The zero-order valence-corrected chi connectivity index (χ0v) is 9.60. The van der Waals surface area contributed by atoms with Crippen LogP contribution in [-0.2, 0) is 0 Å². The number of halogens is 1. The van der Waals surface area contributed by atoms with Gasteiger partial charge >= 0.3 is 5.97 Å². The molecule has 0 unspecified atom stereocenters. The van der Waals surface area contributed by atoms with Crippen molar-refractivity contribution in [2.75, 3.05) is 0 Å². The number of rotatable bonds is 3. The topological polar surface area (TPSA) is 37.3 Å². The molecule has 0 radical (unpaired) electrons. The van der Waals surface area contributed by atoms with E-state index in [2.05, 4.69) is 0 Å². The zero-order chi connectivity index (χ0) is 11.5. The molecule has 1 aliphatic rings. The summed E-state index contributed by atoms with van der Waals surface area (Å²) in [5.74, 6) is -1.48. The van der Waals surface area contributed by atoms with Crippen LogP contribution in [0.4, 0.5) is 4.39 Å². The van der Waals surface area contributed by atoms with Crippen LogP contribution >= 0.6 is 11.8 Å². The van der Waals surface area contributed by atoms with Gasteiger partial charge < -0.3 is 5.11 Å². The van der Waals surface area contributed by atoms with Crippen LogP contribution in [0.15, 0.2) is 23.1 Å². The minimum Gasteiger partial charge on any atom is -0.478 e. The number of thioether (sulfide) groups is 1. The highest BCUT2D eigenvalue weighted by molar-refractivity contribution is 8.00. The molecule has 16 heavy (non-hydrogen) atoms. The Balaban J connectivity index is 2.26. The van der Waals surface area contributed by atoms with E-state index < -0.39 is 11.8 Å². The van der Waals surface area contributed by atoms with Crippen molar-refractivity contribution in [1.82, 2.24) is 0 Å². The Morgan fingerprint density at radius 3 is 2.69 bits per heavy atom. The van der Waals surface area contributed by atoms with Gasteiger partial charge in [-0.2, -0.15) is 0 Å². The van der Waals surface area contributed by atoms with E-state index in [0.717, 1.165) is 25.7 Å². The summed E-state index contributed by atoms with van der Waals surface area (Å²) in [4.78, 5) is 11.3. The summed E-state index contributed by atoms with van der Waals surface area (Å²) < 4.78 is 13.6. The first kappa shape index (κ1) is 11.5. The monoisotopic (exact) mass is 240 g/mol. The molecule has 0 aromatic heterocycles. The number of hydrogen-bond acceptors (Lipinski definition) is 2. The SMILES string of the molecule is O=C(O)c1cccc(F)c1SC1CCCC1. The third kappa shape index (κ3) is 2.38. The van der Waals surface area contributed by atoms with Gasteiger partial charge in [0.05, 0.1) is 10.5 Å². The van der Waals surface area contributed by atoms with Gasteiger partial charge in [-0.15, -0.1) is 11.8 Å². The molecule has 4 heteroatoms. The van der Waals surface area contributed by atoms with E-state index in [-0.39, 0.29) is 5.56 Å². The number of carboxylic acids is 1. The highest BCUT2D eigenvalue weighted by atomic mass is 32.2. The maximum absolute atomic E-state index is 13.6. The molecule has 2 rings (SSSR count). The van der Waals surface area contributed by atoms with Crippen molar-refractivity contribution in [2.24, 2.45) is 0 Å². The Morgan fingerprint density at radius 1 is 1.38 bits per heavy atom. The van der Waals surface area contributed by atoms with E-state index >= 15 is 0 Å². The lowest BCUT2D eigenvalue weighted by atomic mass is 10.2. The summed E-state index contributed by atoms with van der Waals surface area (Å²) in [5, 5.41) is 9.35. The molecule has 0 bridgehead atoms. The van der Waals surface area contributed by atoms with Crippen molar-refractivity contribution < 1.29 is 14.3 Å². The van der Waals surface area contributed by atoms with E-state index in [9.17, 15) is 9.18 Å². The summed E-state index contributed by atoms with van der Waals surface area (Å²) in [6, 6.07) is 4.23. The summed E-state index contributed by atoms with van der Waals surface area (Å²) in [5.41, 5.74) is 0.0805. The molecule has 86 valence electrons. The summed E-state index contributed by atoms with van der Waals surface area (Å²) in [6.07, 6.45) is 4.43. The molecule has 0 spiro atoms. The van der Waals surface area contributed by atoms with Gasteiger partial charge in [0.25, 0.3) is 0 Å². The fourth-order valence-corrected chi connectivity index (χ4v) is 3.34. The van der Waals surface area contributed by atoms with Crippen molar-refractivity contribution in [2.45, 2.75) is 35.8 Å². The largest absolute Gasteiger partial charge is 0.478 e. The molecule has 1 fully saturated rings. The standard InChI is InChI=1S/C12H13FO2S/c13-10-7-3-6-9(12(14)15)11(10)16-8-4-1-2-5-8/h3,6-8H,1-2,4-5H2,(H,14,15). The van der Waals surface area contributed by atoms with E-state index in [0.29, 0.717) is 10.1 Å². The number of carbonyl (C=O) groups is 1. The maximum Gasteiger partial charge on any atom is 0.336 e. The van der Waals surface area contributed by atoms with Crippen molar-refractivity contribution >= 4 is 17.7 Å². The lowest BCUT2D eigenvalue weighted by Crippen LogP contribution is -2.03. The van der Waals surface area contributed by atoms with Crippen molar-refractivity contribution in [3.05, 3.63) is 29.6 Å². The van der Waals surface area contributed by atoms with Crippen LogP contribution in [0, 0.1) is 5.82 Å². The van der Waals surface area contributed by atoms with Crippen LogP contribution < -0.4 is 0 Å². The molecule has 0 saturated heterocycles. The molecule has 0 atom stereocenters. The fraction of sp³-hybridized carbons (Fsp3) is 0.417. The van der Waals surface area contributed by atoms with Crippen LogP contribution in [0.1, 0.15) is 36.0 Å². The Morgan fingerprint density at radius 2 is 2.06 bits per heavy atom. The molecule has 1 aromatic carbocycles. The minimum absolute atomic E-state index is 0.0805. The molecule has 1 saturated carbocycles. The molecule has 1 aliphatic carbocycles. The number of hydrogen-bond donors (Lipinski definition) is 1. The van der Waals surface area contributed by atoms with Crippen molar-refractivity contribution in [3.8, 4) is 0 Å². The lowest BCUT2D eigenvalue weighted by molar-refractivity contribution is 0.0692. The van der Waals surface area contributed by atoms with Gasteiger partial charge in [0.2, 0.25) is 0 Å². The first-order chi connectivity index (χ1) is 7.68. The number of carboxylic acid groups (broad SMARTS) is 1. The zero-order valence-electron chi connectivity index (χ0n) is 8.78. The number of aromatic carboxylic acids is 1. The maximum atomic E-state index is 13.6. The van der Waals surface area contributed by atoms with Gasteiger partial charge in [-0.05, 0) is 25.0 Å². The Hall–Kier alpha value is -1.03. The molecular formula is C12H13FO2S. The molecule has 1 aromatic rings. The first-order valence-corrected chi connectivity index (χ1v) is 6.25. The second kappa shape index (κ2) is 4.87. The van der Waals surface area contributed by atoms with E-state index in [1.807, 2.05) is 0 Å². The van der Waals surface area contributed by atoms with Gasteiger partial charge in [-0.3, -0.25) is 0 Å². The van der Waals surface area contributed by atoms with Crippen LogP contribution in [0.2, 0.25) is 0 Å². The van der Waals surface area contributed by atoms with Crippen LogP contribution in [0.5, 0.6) is 0 Å². The lowest BCUT2D eigenvalue weighted by Gasteiger charge is -2.11. The first-order valence-electron chi connectivity index (χ1n) is 5.37. The fourth-order valence-electron chi connectivity index (χ4n) is 1.97. The Bertz CT molecular complexity index is 400. The van der Waals surface area contributed by atoms with E-state index in [1.54, 1.807) is 0 Å². The predicted molar refractivity (Wildman–Crippen MR) is 61.5 cm³/mol. The second-order valence-electron chi connectivity index (χ2n) is 3.95. The van der Waals surface area contributed by atoms with Crippen LogP contribution in [0.25, 0.3) is 0 Å². The Kier molecular flexibility index (Phi) is 3.49. The van der Waals surface area contributed by atoms with Crippen molar-refractivity contribution in [3.63, 3.8) is 0 Å². The highest BCUT2D eigenvalue weighted by Gasteiger charge is 2.21. The van der Waals surface area contributed by atoms with Crippen LogP contribution in [0.3, 0.4) is 0 Å². The quantitative estimate of drug-likeness (QED) is 0.877. The normalized spacial score (nSPS) is 16.6. The van der Waals surface area contributed by atoms with Gasteiger partial charge in [0.1, 0.15) is 5.82 Å². The third-order valence-corrected chi connectivity index (χ3v) is 4.24. The summed E-state index contributed by atoms with van der Waals surface area (Å²) >= 11 is 1.38. The third-order valence-electron chi connectivity index (χ3n) is 2.78. The van der Waals surface area contributed by atoms with Crippen molar-refractivity contribution in [1.29, 1.82) is 0 Å². The van der Waals surface area contributed by atoms with Gasteiger partial charge in [0, 0.05) is 5.25 Å². The molecular weight excluding hydrogens is 227 g/mol. The molecule has 2 nitrogen and oxygen atoms in total. The highest BCUT2D eigenvalue weighted by Crippen LogP contribution is 2.37. The van der Waals surface area contributed by atoms with Gasteiger partial charge in [0.15, 0.2) is 0 Å². The average molecular weight is 240 g/mol. The Labute approximate surface area is 97.9 Å². The van der Waals surface area contributed by atoms with E-state index in [1.165, 1.54) is 30.0 Å². The van der Waals surface area contributed by atoms with E-state index in [4.69, 9.17) is 5.11 Å². The van der Waals surface area contributed by atoms with Crippen LogP contribution in [-0.4, -0.2) is 16.3 Å². The predicted octanol–water partition coefficient (Wildman–Crippen LogP) is 3.56. The average Bonchev–Trinajstić information content (AvgIpc) is 2.73.